The van der Waals surface area contributed by atoms with Crippen LogP contribution in [0.15, 0.2) is 30.3 Å². The zero-order valence-electron chi connectivity index (χ0n) is 17.1. The average molecular weight is 385 g/mol. The van der Waals surface area contributed by atoms with Crippen molar-refractivity contribution in [3.05, 3.63) is 41.7 Å². The van der Waals surface area contributed by atoms with Crippen molar-refractivity contribution in [3.8, 4) is 0 Å². The lowest BCUT2D eigenvalue weighted by molar-refractivity contribution is 0.0593. The van der Waals surface area contributed by atoms with E-state index >= 15 is 0 Å². The Hall–Kier alpha value is -2.18. The lowest BCUT2D eigenvalue weighted by atomic mass is 10.1. The van der Waals surface area contributed by atoms with Crippen molar-refractivity contribution in [1.29, 1.82) is 0 Å². The fourth-order valence-electron chi connectivity index (χ4n) is 3.05. The molecule has 0 bridgehead atoms. The summed E-state index contributed by atoms with van der Waals surface area (Å²) in [7, 11) is -0.626. The molecule has 3 aromatic rings. The third kappa shape index (κ3) is 3.51. The molecule has 1 aromatic carbocycles. The summed E-state index contributed by atoms with van der Waals surface area (Å²) in [6, 6.07) is 9.84. The topological polar surface area (TPSA) is 64.2 Å². The van der Waals surface area contributed by atoms with Crippen LogP contribution in [0.25, 0.3) is 21.8 Å². The van der Waals surface area contributed by atoms with Crippen LogP contribution in [0.3, 0.4) is 0 Å². The summed E-state index contributed by atoms with van der Waals surface area (Å²) < 4.78 is 11.5. The molecule has 0 spiro atoms. The summed E-state index contributed by atoms with van der Waals surface area (Å²) in [6.45, 7) is 13.1. The van der Waals surface area contributed by atoms with Gasteiger partial charge in [-0.05, 0) is 37.2 Å². The van der Waals surface area contributed by atoms with Crippen LogP contribution in [0.1, 0.15) is 50.0 Å². The number of fused-ring (bicyclic) bond motifs is 3. The van der Waals surface area contributed by atoms with Gasteiger partial charge in [0.1, 0.15) is 5.69 Å². The molecule has 0 fully saturated rings. The molecule has 0 unspecified atom stereocenters. The van der Waals surface area contributed by atoms with Crippen molar-refractivity contribution in [3.63, 3.8) is 0 Å². The number of aromatic amines is 1. The van der Waals surface area contributed by atoms with E-state index in [1.165, 1.54) is 7.11 Å². The number of nitrogens with one attached hydrogen (secondary N) is 1. The summed E-state index contributed by atoms with van der Waals surface area (Å²) in [6.07, 6.45) is -0.244. The fraction of sp³-hybridized carbons (Fsp3) is 0.429. The maximum atomic E-state index is 12.2. The minimum absolute atomic E-state index is 0.0841. The Labute approximate surface area is 161 Å². The van der Waals surface area contributed by atoms with Crippen LogP contribution in [-0.2, 0) is 9.16 Å². The van der Waals surface area contributed by atoms with Crippen molar-refractivity contribution in [1.82, 2.24) is 9.97 Å². The molecule has 0 saturated heterocycles. The fourth-order valence-corrected chi connectivity index (χ4v) is 4.40. The Kier molecular flexibility index (Phi) is 4.90. The summed E-state index contributed by atoms with van der Waals surface area (Å²) in [5, 5.41) is 2.10. The van der Waals surface area contributed by atoms with Crippen molar-refractivity contribution < 1.29 is 14.0 Å². The van der Waals surface area contributed by atoms with E-state index in [0.717, 1.165) is 27.5 Å². The number of ether oxygens (including phenoxy) is 1. The predicted molar refractivity (Wildman–Crippen MR) is 112 cm³/mol. The number of esters is 1. The molecule has 0 amide bonds. The normalized spacial score (nSPS) is 13.9. The van der Waals surface area contributed by atoms with Gasteiger partial charge in [0.05, 0.1) is 24.4 Å². The molecule has 0 radical (unpaired) electrons. The van der Waals surface area contributed by atoms with Gasteiger partial charge in [-0.1, -0.05) is 39.0 Å². The van der Waals surface area contributed by atoms with Gasteiger partial charge in [-0.3, -0.25) is 0 Å². The number of carbonyl (C=O) groups excluding carboxylic acids is 1. The van der Waals surface area contributed by atoms with E-state index in [1.807, 2.05) is 31.2 Å². The van der Waals surface area contributed by atoms with Crippen LogP contribution in [0.2, 0.25) is 18.1 Å². The molecule has 144 valence electrons. The molecule has 3 rings (SSSR count). The molecule has 5 nitrogen and oxygen atoms in total. The van der Waals surface area contributed by atoms with Gasteiger partial charge < -0.3 is 14.1 Å². The molecule has 0 aliphatic carbocycles. The minimum Gasteiger partial charge on any atom is -0.464 e. The summed E-state index contributed by atoms with van der Waals surface area (Å²) in [5.41, 5.74) is 2.97. The lowest BCUT2D eigenvalue weighted by Crippen LogP contribution is -2.41. The third-order valence-corrected chi connectivity index (χ3v) is 10.1. The number of methoxy groups -OCH3 is 1. The quantitative estimate of drug-likeness (QED) is 0.471. The molecule has 0 aliphatic rings. The maximum Gasteiger partial charge on any atom is 0.356 e. The average Bonchev–Trinajstić information content (AvgIpc) is 2.97. The number of para-hydroxylation sites is 1. The molecular formula is C21H28N2O3Si. The number of benzene rings is 1. The largest absolute Gasteiger partial charge is 0.464 e. The van der Waals surface area contributed by atoms with Gasteiger partial charge in [0, 0.05) is 16.3 Å². The minimum atomic E-state index is -2.00. The standard InChI is InChI=1S/C21H28N2O3Si/c1-13(26-27(6,7)21(2,3)4)18-19-15(12-17(23-18)20(24)25-5)14-10-8-9-11-16(14)22-19/h8-13,22H,1-7H3/t13-/m1/s1. The number of hydrogen-bond donors (Lipinski definition) is 1. The number of rotatable bonds is 4. The first-order chi connectivity index (χ1) is 12.5. The Bertz CT molecular complexity index is 1000. The van der Waals surface area contributed by atoms with Gasteiger partial charge in [0.2, 0.25) is 0 Å². The Morgan fingerprint density at radius 1 is 1.19 bits per heavy atom. The van der Waals surface area contributed by atoms with E-state index < -0.39 is 14.3 Å². The Balaban J connectivity index is 2.19. The molecular weight excluding hydrogens is 356 g/mol. The number of pyridine rings is 1. The van der Waals surface area contributed by atoms with Crippen LogP contribution < -0.4 is 0 Å². The number of H-pyrrole nitrogens is 1. The van der Waals surface area contributed by atoms with Gasteiger partial charge in [-0.15, -0.1) is 0 Å². The Morgan fingerprint density at radius 3 is 2.48 bits per heavy atom. The van der Waals surface area contributed by atoms with Gasteiger partial charge in [0.15, 0.2) is 8.32 Å². The molecule has 1 N–H and O–H groups in total. The highest BCUT2D eigenvalue weighted by atomic mass is 28.4. The zero-order valence-corrected chi connectivity index (χ0v) is 18.1. The predicted octanol–water partition coefficient (Wildman–Crippen LogP) is 5.59. The molecule has 1 atom stereocenters. The highest BCUT2D eigenvalue weighted by Gasteiger charge is 2.39. The number of hydrogen-bond acceptors (Lipinski definition) is 4. The van der Waals surface area contributed by atoms with E-state index in [2.05, 4.69) is 43.8 Å². The second-order valence-corrected chi connectivity index (χ2v) is 13.3. The molecule has 27 heavy (non-hydrogen) atoms. The first kappa shape index (κ1) is 19.6. The van der Waals surface area contributed by atoms with Gasteiger partial charge in [-0.25, -0.2) is 9.78 Å². The molecule has 0 saturated carbocycles. The molecule has 2 aromatic heterocycles. The van der Waals surface area contributed by atoms with Crippen molar-refractivity contribution in [2.45, 2.75) is 51.9 Å². The van der Waals surface area contributed by atoms with Crippen LogP contribution in [0, 0.1) is 0 Å². The third-order valence-electron chi connectivity index (χ3n) is 5.58. The first-order valence-corrected chi connectivity index (χ1v) is 12.1. The van der Waals surface area contributed by atoms with E-state index in [-0.39, 0.29) is 11.1 Å². The van der Waals surface area contributed by atoms with Gasteiger partial charge in [0.25, 0.3) is 0 Å². The van der Waals surface area contributed by atoms with E-state index in [4.69, 9.17) is 9.16 Å². The van der Waals surface area contributed by atoms with Crippen LogP contribution in [0.5, 0.6) is 0 Å². The smallest absolute Gasteiger partial charge is 0.356 e. The Morgan fingerprint density at radius 2 is 1.85 bits per heavy atom. The zero-order chi connectivity index (χ0) is 20.0. The maximum absolute atomic E-state index is 12.2. The second kappa shape index (κ2) is 6.76. The lowest BCUT2D eigenvalue weighted by Gasteiger charge is -2.38. The molecule has 0 aliphatic heterocycles. The monoisotopic (exact) mass is 384 g/mol. The van der Waals surface area contributed by atoms with Crippen molar-refractivity contribution >= 4 is 36.1 Å². The van der Waals surface area contributed by atoms with E-state index in [1.54, 1.807) is 6.07 Å². The van der Waals surface area contributed by atoms with Crippen molar-refractivity contribution in [2.75, 3.05) is 7.11 Å². The summed E-state index contributed by atoms with van der Waals surface area (Å²) >= 11 is 0. The van der Waals surface area contributed by atoms with Crippen molar-refractivity contribution in [2.24, 2.45) is 0 Å². The molecule has 2 heterocycles. The highest BCUT2D eigenvalue weighted by Crippen LogP contribution is 2.40. The summed E-state index contributed by atoms with van der Waals surface area (Å²) in [5.74, 6) is -0.442. The number of nitrogens with zero attached hydrogens (tertiary/aromatic N) is 1. The van der Waals surface area contributed by atoms with Crippen LogP contribution in [0.4, 0.5) is 0 Å². The SMILES string of the molecule is COC(=O)c1cc2c([nH]c3ccccc32)c([C@@H](C)O[Si](C)(C)C(C)(C)C)n1. The van der Waals surface area contributed by atoms with Crippen LogP contribution in [-0.4, -0.2) is 31.4 Å². The van der Waals surface area contributed by atoms with Gasteiger partial charge >= 0.3 is 5.97 Å². The first-order valence-electron chi connectivity index (χ1n) is 9.22. The second-order valence-electron chi connectivity index (χ2n) is 8.50. The number of carbonyl (C=O) groups is 1. The summed E-state index contributed by atoms with van der Waals surface area (Å²) in [4.78, 5) is 20.3. The molecule has 6 heteroatoms. The van der Waals surface area contributed by atoms with E-state index in [0.29, 0.717) is 5.69 Å². The number of aromatic nitrogens is 2. The highest BCUT2D eigenvalue weighted by molar-refractivity contribution is 6.74. The van der Waals surface area contributed by atoms with Gasteiger partial charge in [-0.2, -0.15) is 0 Å². The van der Waals surface area contributed by atoms with Crippen LogP contribution >= 0.6 is 0 Å². The van der Waals surface area contributed by atoms with E-state index in [9.17, 15) is 4.79 Å².